The molecular formula is C104H115FN18O24. The number of aliphatic hydroxyl groups is 1. The van der Waals surface area contributed by atoms with Crippen LogP contribution in [0.2, 0.25) is 0 Å². The number of para-hydroxylation sites is 1. The first kappa shape index (κ1) is 109. The van der Waals surface area contributed by atoms with Crippen LogP contribution in [0.1, 0.15) is 130 Å². The molecule has 772 valence electrons. The third kappa shape index (κ3) is 28.9. The number of carboxylic acid groups (broad SMARTS) is 4. The van der Waals surface area contributed by atoms with Crippen molar-refractivity contribution in [3.8, 4) is 28.0 Å². The number of fused-ring (bicyclic) bond motifs is 3. The van der Waals surface area contributed by atoms with Gasteiger partial charge in [-0.25, -0.2) is 18.8 Å². The van der Waals surface area contributed by atoms with E-state index in [1.54, 1.807) is 103 Å². The van der Waals surface area contributed by atoms with Crippen LogP contribution in [-0.4, -0.2) is 275 Å². The van der Waals surface area contributed by atoms with Crippen molar-refractivity contribution in [1.29, 1.82) is 0 Å². The van der Waals surface area contributed by atoms with Crippen LogP contribution < -0.4 is 75.3 Å². The van der Waals surface area contributed by atoms with Gasteiger partial charge < -0.3 is 126 Å². The fourth-order valence-electron chi connectivity index (χ4n) is 17.3. The lowest BCUT2D eigenvalue weighted by atomic mass is 9.91. The number of aromatic amines is 2. The Bertz CT molecular complexity index is 6540. The quantitative estimate of drug-likeness (QED) is 0.0364. The molecule has 2 aliphatic rings. The first-order valence-electron chi connectivity index (χ1n) is 47.4. The molecule has 0 saturated carbocycles. The summed E-state index contributed by atoms with van der Waals surface area (Å²) < 4.78 is 16.1. The normalized spacial score (nSPS) is 22.0. The number of likely N-dealkylation sites (N-methyl/N-ethyl adjacent to an activating group) is 1. The summed E-state index contributed by atoms with van der Waals surface area (Å²) in [5.41, 5.74) is 17.4. The second kappa shape index (κ2) is 50.2. The standard InChI is InChI=1S/C104H115FN18O24/c1-54(72-49-109-75-14-9-11-73(105)88(72)75)89-100(140)119-82(47-87(128)129)101(141)122(4)56(3)91(131)110-50-85(126)113-79(43-58-15-24-61(25-16-58)63-30-34-66(35-31-63)103(144)145)95(135)115-76(13-7-8-41-106)93(133)120-83(53-124)98(138)112-55(2)90(130)114-77(40-23-57-21-38-70(125)39-22-57)94(134)117-80(44-59-17-26-62(27-18-59)64-32-36-67(37-33-64)104(146)147)96(136)118-81(45-68-48-108-74-12-6-5-10-71(68)74)97(137)116-78(42-60-19-28-65(29-20-60)102(142)143)92(132)111-51-86(127)123-52-69(107)46-84(123)99(139)121-89/h5-6,9-12,14-22,24-39,48-49,54-56,69,76-84,89,108-109,124-125H,7-8,13,23,40-47,50-53,106-107H2,1-4H3,(H,110,131)(H,111,132)(H,112,138)(H,113,126)(H,114,130)(H,115,135)(H,116,137)(H,117,134)(H,118,136)(H,119,140)(H,120,133)(H,121,139)(H,128,129)(H,142,143)(H,144,145)(H,146,147)/t54-,55+,56+,69+,76-,77-,78-,79-,80-,81-,82-,83-,84-,89-/m0/s1. The summed E-state index contributed by atoms with van der Waals surface area (Å²) in [5, 5.41) is 92.1. The Balaban J connectivity index is 0.914. The Kier molecular flexibility index (Phi) is 37.2. The molecule has 8 aromatic carbocycles. The topological polar surface area (TPSA) is 663 Å². The summed E-state index contributed by atoms with van der Waals surface area (Å²) in [6, 6.07) is 24.7. The number of amides is 14. The van der Waals surface area contributed by atoms with Crippen molar-refractivity contribution in [2.45, 2.75) is 176 Å². The maximum Gasteiger partial charge on any atom is 0.335 e. The summed E-state index contributed by atoms with van der Waals surface area (Å²) in [7, 11) is 1.06. The van der Waals surface area contributed by atoms with Crippen molar-refractivity contribution in [2.75, 3.05) is 39.8 Å². The molecule has 12 rings (SSSR count). The second-order valence-electron chi connectivity index (χ2n) is 36.2. The van der Waals surface area contributed by atoms with E-state index < -0.39 is 236 Å². The number of carbonyl (C=O) groups is 18. The van der Waals surface area contributed by atoms with Gasteiger partial charge in [0.25, 0.3) is 0 Å². The van der Waals surface area contributed by atoms with Gasteiger partial charge >= 0.3 is 23.9 Å². The number of hydrogen-bond donors (Lipinski definition) is 22. The molecule has 0 aliphatic carbocycles. The molecule has 42 nitrogen and oxygen atoms in total. The highest BCUT2D eigenvalue weighted by Crippen LogP contribution is 2.33. The molecule has 0 spiro atoms. The molecule has 14 amide bonds. The highest BCUT2D eigenvalue weighted by atomic mass is 19.1. The number of carbonyl (C=O) groups excluding carboxylic acids is 14. The molecule has 2 saturated heterocycles. The number of aryl methyl sites for hydroxylation is 1. The molecule has 10 aromatic rings. The highest BCUT2D eigenvalue weighted by molar-refractivity contribution is 6.03. The number of benzene rings is 8. The summed E-state index contributed by atoms with van der Waals surface area (Å²) >= 11 is 0. The van der Waals surface area contributed by atoms with Gasteiger partial charge in [0.05, 0.1) is 42.8 Å². The van der Waals surface area contributed by atoms with E-state index in [4.69, 9.17) is 11.5 Å². The highest BCUT2D eigenvalue weighted by Gasteiger charge is 2.44. The van der Waals surface area contributed by atoms with Gasteiger partial charge in [0.1, 0.15) is 84.1 Å². The molecule has 4 heterocycles. The predicted octanol–water partition coefficient (Wildman–Crippen LogP) is 2.11. The van der Waals surface area contributed by atoms with E-state index >= 15 is 33.2 Å². The van der Waals surface area contributed by atoms with Gasteiger partial charge in [-0.05, 0) is 181 Å². The third-order valence-corrected chi connectivity index (χ3v) is 25.8. The van der Waals surface area contributed by atoms with E-state index in [9.17, 15) is 88.2 Å². The number of nitrogens with one attached hydrogen (secondary N) is 14. The number of phenolic OH excluding ortho intramolecular Hbond substituents is 1. The van der Waals surface area contributed by atoms with Gasteiger partial charge in [-0.15, -0.1) is 0 Å². The summed E-state index contributed by atoms with van der Waals surface area (Å²) in [6.07, 6.45) is -0.284. The average Bonchev–Trinajstić information content (AvgIpc) is 1.64. The van der Waals surface area contributed by atoms with Crippen molar-refractivity contribution in [3.63, 3.8) is 0 Å². The molecular weight excluding hydrogens is 1900 g/mol. The van der Waals surface area contributed by atoms with E-state index in [1.807, 2.05) is 0 Å². The van der Waals surface area contributed by atoms with E-state index in [0.717, 1.165) is 22.9 Å². The monoisotopic (exact) mass is 2020 g/mol. The zero-order valence-corrected chi connectivity index (χ0v) is 80.4. The Morgan fingerprint density at radius 3 is 1.44 bits per heavy atom. The number of aliphatic carboxylic acids is 1. The van der Waals surface area contributed by atoms with E-state index in [1.165, 1.54) is 112 Å². The number of aromatic carboxylic acids is 3. The van der Waals surface area contributed by atoms with E-state index in [0.29, 0.717) is 55.4 Å². The number of nitrogens with zero attached hydrogens (tertiary/aromatic N) is 2. The number of nitrogens with two attached hydrogens (primary N) is 2. The fourth-order valence-corrected chi connectivity index (χ4v) is 17.3. The maximum absolute atomic E-state index is 16.1. The Labute approximate surface area is 840 Å². The van der Waals surface area contributed by atoms with Crippen molar-refractivity contribution < 1.29 is 121 Å². The molecule has 24 N–H and O–H groups in total. The number of phenols is 1. The molecule has 0 bridgehead atoms. The molecule has 2 aliphatic heterocycles. The molecule has 2 fully saturated rings. The average molecular weight is 2020 g/mol. The number of rotatable bonds is 25. The Morgan fingerprint density at radius 2 is 0.898 bits per heavy atom. The number of aliphatic hydroxyl groups excluding tert-OH is 1. The minimum Gasteiger partial charge on any atom is -0.508 e. The van der Waals surface area contributed by atoms with Gasteiger partial charge in [-0.1, -0.05) is 128 Å². The summed E-state index contributed by atoms with van der Waals surface area (Å²) in [6.45, 7) is 0.427. The lowest BCUT2D eigenvalue weighted by Crippen LogP contribution is -2.61. The first-order chi connectivity index (χ1) is 70.2. The second-order valence-corrected chi connectivity index (χ2v) is 36.2. The summed E-state index contributed by atoms with van der Waals surface area (Å²) in [5.74, 6) is -22.9. The summed E-state index contributed by atoms with van der Waals surface area (Å²) in [4.78, 5) is 267. The van der Waals surface area contributed by atoms with Crippen LogP contribution in [0, 0.1) is 5.82 Å². The van der Waals surface area contributed by atoms with E-state index in [2.05, 4.69) is 73.8 Å². The Hall–Kier alpha value is -17.1. The smallest absolute Gasteiger partial charge is 0.335 e. The molecule has 43 heteroatoms. The maximum atomic E-state index is 16.1. The molecule has 147 heavy (non-hydrogen) atoms. The molecule has 14 atom stereocenters. The zero-order valence-electron chi connectivity index (χ0n) is 80.4. The number of aromatic nitrogens is 2. The van der Waals surface area contributed by atoms with Crippen LogP contribution in [0.5, 0.6) is 5.75 Å². The SMILES string of the molecule is C[C@@H]1C(=O)NCC(=O)N[C@@H](Cc2ccc(-c3ccc(C(=O)O)cc3)cc2)C(=O)N[C@@H](CCCCN)C(=O)N[C@@H](CO)C(=O)N[C@H](C)C(=O)N[C@@H](CCc2ccc(O)cc2)C(=O)N[C@@H](Cc2ccc(-c3ccc(C(=O)O)cc3)cc2)C(=O)N[C@@H](Cc2c[nH]c3ccccc23)C(=O)N[C@@H](Cc2ccc(C(=O)O)cc2)C(=O)NCC(=O)N2C[C@H](N)C[C@H]2C(=O)N[C@@H]([C@@H](C)c2c[nH]c3cccc(F)c23)C(=O)N[C@@H](CC(=O)O)C(=O)N1C. The van der Waals surface area contributed by atoms with Gasteiger partial charge in [-0.2, -0.15) is 0 Å². The van der Waals surface area contributed by atoms with Gasteiger partial charge in [-0.3, -0.25) is 71.9 Å². The van der Waals surface area contributed by atoms with Crippen LogP contribution in [-0.2, 0) is 104 Å². The first-order valence-corrected chi connectivity index (χ1v) is 47.4. The number of carboxylic acids is 4. The van der Waals surface area contributed by atoms with Gasteiger partial charge in [0.15, 0.2) is 0 Å². The number of unbranched alkanes of at least 4 members (excludes halogenated alkanes) is 1. The minimum absolute atomic E-state index is 0.00208. The van der Waals surface area contributed by atoms with Gasteiger partial charge in [0, 0.05) is 85.4 Å². The van der Waals surface area contributed by atoms with Crippen LogP contribution in [0.15, 0.2) is 200 Å². The van der Waals surface area contributed by atoms with Crippen LogP contribution in [0.25, 0.3) is 44.1 Å². The third-order valence-electron chi connectivity index (χ3n) is 25.8. The minimum atomic E-state index is -2.09. The lowest BCUT2D eigenvalue weighted by Gasteiger charge is -2.31. The molecule has 2 aromatic heterocycles. The van der Waals surface area contributed by atoms with Crippen LogP contribution in [0.3, 0.4) is 0 Å². The molecule has 0 radical (unpaired) electrons. The number of aromatic hydroxyl groups is 1. The number of hydrogen-bond acceptors (Lipinski definition) is 22. The van der Waals surface area contributed by atoms with Gasteiger partial charge in [0.2, 0.25) is 82.7 Å². The van der Waals surface area contributed by atoms with Crippen molar-refractivity contribution in [3.05, 3.63) is 256 Å². The van der Waals surface area contributed by atoms with Crippen molar-refractivity contribution >= 4 is 128 Å². The largest absolute Gasteiger partial charge is 0.508 e. The van der Waals surface area contributed by atoms with E-state index in [-0.39, 0.29) is 109 Å². The Morgan fingerprint density at radius 1 is 0.449 bits per heavy atom. The van der Waals surface area contributed by atoms with Crippen molar-refractivity contribution in [2.24, 2.45) is 11.5 Å². The lowest BCUT2D eigenvalue weighted by molar-refractivity contribution is -0.146. The number of halogens is 1. The van der Waals surface area contributed by atoms with Crippen LogP contribution >= 0.6 is 0 Å². The zero-order chi connectivity index (χ0) is 106. The molecule has 0 unspecified atom stereocenters. The van der Waals surface area contributed by atoms with Crippen molar-refractivity contribution in [1.82, 2.24) is 83.6 Å². The predicted molar refractivity (Wildman–Crippen MR) is 531 cm³/mol. The number of H-pyrrole nitrogens is 2. The fraction of sp³-hybridized carbons (Fsp3) is 0.327. The van der Waals surface area contributed by atoms with Crippen LogP contribution in [0.4, 0.5) is 4.39 Å².